The molecule has 6 nitrogen and oxygen atoms in total. The lowest BCUT2D eigenvalue weighted by Gasteiger charge is -2.34. The summed E-state index contributed by atoms with van der Waals surface area (Å²) in [5.41, 5.74) is 3.29. The summed E-state index contributed by atoms with van der Waals surface area (Å²) in [6.45, 7) is 12.4. The Bertz CT molecular complexity index is 883. The summed E-state index contributed by atoms with van der Waals surface area (Å²) in [5, 5.41) is 5.41. The van der Waals surface area contributed by atoms with Gasteiger partial charge in [0.15, 0.2) is 5.65 Å². The molecule has 0 unspecified atom stereocenters. The second kappa shape index (κ2) is 7.47. The Morgan fingerprint density at radius 3 is 2.68 bits per heavy atom. The fourth-order valence-corrected chi connectivity index (χ4v) is 4.65. The number of hydrogen-bond donors (Lipinski definition) is 0. The summed E-state index contributed by atoms with van der Waals surface area (Å²) >= 11 is 0. The average molecular weight is 384 g/mol. The molecule has 1 aliphatic carbocycles. The maximum atomic E-state index is 13.6. The largest absolute Gasteiger partial charge is 0.337 e. The van der Waals surface area contributed by atoms with Gasteiger partial charge < -0.3 is 4.90 Å². The summed E-state index contributed by atoms with van der Waals surface area (Å²) in [6.07, 6.45) is 3.79. The number of rotatable bonds is 4. The Kier molecular flexibility index (Phi) is 5.17. The number of aromatic nitrogens is 3. The zero-order chi connectivity index (χ0) is 20.0. The van der Waals surface area contributed by atoms with Crippen LogP contribution >= 0.6 is 0 Å². The van der Waals surface area contributed by atoms with Crippen LogP contribution in [0.15, 0.2) is 6.07 Å². The quantitative estimate of drug-likeness (QED) is 0.814. The molecule has 1 amide bonds. The molecule has 0 spiro atoms. The molecule has 4 rings (SSSR count). The summed E-state index contributed by atoms with van der Waals surface area (Å²) < 4.78 is 1.78. The maximum Gasteiger partial charge on any atom is 0.254 e. The average Bonchev–Trinajstić information content (AvgIpc) is 3.43. The van der Waals surface area contributed by atoms with Crippen molar-refractivity contribution in [1.82, 2.24) is 24.6 Å². The number of aryl methyl sites for hydroxylation is 3. The van der Waals surface area contributed by atoms with Crippen LogP contribution in [0.4, 0.5) is 0 Å². The standard InChI is InChI=1S/C22H33N5O/c1-14(2)19-13-27(10-6-9-26(19)12-17-7-8-17)22(28)18-11-15(3)23-21-20(18)16(4)24-25(21)5/h11,14,17,19H,6-10,12-13H2,1-5H3/t19-/m1/s1. The molecule has 2 fully saturated rings. The van der Waals surface area contributed by atoms with Crippen LogP contribution < -0.4 is 0 Å². The van der Waals surface area contributed by atoms with E-state index < -0.39 is 0 Å². The van der Waals surface area contributed by atoms with Crippen LogP contribution in [-0.2, 0) is 7.05 Å². The van der Waals surface area contributed by atoms with E-state index in [-0.39, 0.29) is 5.91 Å². The van der Waals surface area contributed by atoms with Crippen molar-refractivity contribution in [1.29, 1.82) is 0 Å². The SMILES string of the molecule is Cc1cc(C(=O)N2CCCN(CC3CC3)[C@@H](C(C)C)C2)c2c(C)nn(C)c2n1. The highest BCUT2D eigenvalue weighted by molar-refractivity contribution is 6.06. The molecular formula is C22H33N5O. The van der Waals surface area contributed by atoms with E-state index in [9.17, 15) is 4.79 Å². The second-order valence-corrected chi connectivity index (χ2v) is 9.07. The van der Waals surface area contributed by atoms with Crippen LogP contribution in [0.3, 0.4) is 0 Å². The smallest absolute Gasteiger partial charge is 0.254 e. The highest BCUT2D eigenvalue weighted by atomic mass is 16.2. The van der Waals surface area contributed by atoms with Crippen molar-refractivity contribution in [2.75, 3.05) is 26.2 Å². The van der Waals surface area contributed by atoms with Crippen molar-refractivity contribution in [3.8, 4) is 0 Å². The molecule has 152 valence electrons. The van der Waals surface area contributed by atoms with Gasteiger partial charge in [0.25, 0.3) is 5.91 Å². The van der Waals surface area contributed by atoms with Crippen LogP contribution in [0.1, 0.15) is 54.9 Å². The zero-order valence-corrected chi connectivity index (χ0v) is 17.9. The van der Waals surface area contributed by atoms with Gasteiger partial charge in [0, 0.05) is 45.0 Å². The molecule has 28 heavy (non-hydrogen) atoms. The van der Waals surface area contributed by atoms with Crippen molar-refractivity contribution in [3.05, 3.63) is 23.0 Å². The van der Waals surface area contributed by atoms with E-state index >= 15 is 0 Å². The number of amides is 1. The molecule has 0 bridgehead atoms. The fraction of sp³-hybridized carbons (Fsp3) is 0.682. The van der Waals surface area contributed by atoms with Gasteiger partial charge in [-0.15, -0.1) is 0 Å². The normalized spacial score (nSPS) is 21.5. The van der Waals surface area contributed by atoms with Gasteiger partial charge in [0.05, 0.1) is 16.6 Å². The van der Waals surface area contributed by atoms with E-state index in [0.717, 1.165) is 60.0 Å². The molecule has 1 saturated carbocycles. The van der Waals surface area contributed by atoms with E-state index in [0.29, 0.717) is 12.0 Å². The predicted octanol–water partition coefficient (Wildman–Crippen LogP) is 3.17. The van der Waals surface area contributed by atoms with Gasteiger partial charge in [0.1, 0.15) is 0 Å². The number of carbonyl (C=O) groups is 1. The van der Waals surface area contributed by atoms with Crippen molar-refractivity contribution in [2.45, 2.75) is 53.0 Å². The van der Waals surface area contributed by atoms with Gasteiger partial charge >= 0.3 is 0 Å². The van der Waals surface area contributed by atoms with Crippen molar-refractivity contribution < 1.29 is 4.79 Å². The minimum atomic E-state index is 0.130. The number of hydrogen-bond acceptors (Lipinski definition) is 4. The van der Waals surface area contributed by atoms with Gasteiger partial charge in [-0.3, -0.25) is 14.4 Å². The maximum absolute atomic E-state index is 13.6. The molecule has 2 aromatic rings. The van der Waals surface area contributed by atoms with Crippen LogP contribution in [0.5, 0.6) is 0 Å². The first kappa shape index (κ1) is 19.4. The topological polar surface area (TPSA) is 54.3 Å². The molecule has 0 aromatic carbocycles. The van der Waals surface area contributed by atoms with E-state index in [4.69, 9.17) is 0 Å². The highest BCUT2D eigenvalue weighted by Crippen LogP contribution is 2.32. The van der Waals surface area contributed by atoms with Gasteiger partial charge in [-0.05, 0) is 51.0 Å². The van der Waals surface area contributed by atoms with Crippen LogP contribution in [0, 0.1) is 25.7 Å². The van der Waals surface area contributed by atoms with Crippen LogP contribution in [0.25, 0.3) is 11.0 Å². The van der Waals surface area contributed by atoms with Crippen LogP contribution in [-0.4, -0.2) is 62.7 Å². The van der Waals surface area contributed by atoms with E-state index in [2.05, 4.69) is 33.7 Å². The van der Waals surface area contributed by atoms with Crippen molar-refractivity contribution >= 4 is 16.9 Å². The lowest BCUT2D eigenvalue weighted by Crippen LogP contribution is -2.46. The summed E-state index contributed by atoms with van der Waals surface area (Å²) in [7, 11) is 1.90. The lowest BCUT2D eigenvalue weighted by atomic mass is 10.0. The zero-order valence-electron chi connectivity index (χ0n) is 17.9. The molecule has 3 heterocycles. The Hall–Kier alpha value is -1.95. The minimum Gasteiger partial charge on any atom is -0.337 e. The van der Waals surface area contributed by atoms with E-state index in [1.165, 1.54) is 19.4 Å². The third-order valence-corrected chi connectivity index (χ3v) is 6.32. The summed E-state index contributed by atoms with van der Waals surface area (Å²) in [5.74, 6) is 1.54. The van der Waals surface area contributed by atoms with Gasteiger partial charge in [0.2, 0.25) is 0 Å². The first-order chi connectivity index (χ1) is 13.3. The minimum absolute atomic E-state index is 0.130. The number of fused-ring (bicyclic) bond motifs is 1. The number of carbonyl (C=O) groups excluding carboxylic acids is 1. The van der Waals surface area contributed by atoms with Gasteiger partial charge in [-0.2, -0.15) is 5.10 Å². The summed E-state index contributed by atoms with van der Waals surface area (Å²) in [4.78, 5) is 23.0. The lowest BCUT2D eigenvalue weighted by molar-refractivity contribution is 0.0706. The molecule has 0 N–H and O–H groups in total. The van der Waals surface area contributed by atoms with Crippen molar-refractivity contribution in [3.63, 3.8) is 0 Å². The van der Waals surface area contributed by atoms with E-state index in [1.807, 2.05) is 27.0 Å². The first-order valence-corrected chi connectivity index (χ1v) is 10.7. The highest BCUT2D eigenvalue weighted by Gasteiger charge is 2.34. The second-order valence-electron chi connectivity index (χ2n) is 9.07. The Labute approximate surface area is 167 Å². The Balaban J connectivity index is 1.65. The molecule has 1 atom stereocenters. The Morgan fingerprint density at radius 1 is 1.25 bits per heavy atom. The fourth-order valence-electron chi connectivity index (χ4n) is 4.65. The van der Waals surface area contributed by atoms with E-state index in [1.54, 1.807) is 4.68 Å². The van der Waals surface area contributed by atoms with Gasteiger partial charge in [-0.25, -0.2) is 4.98 Å². The predicted molar refractivity (Wildman–Crippen MR) is 111 cm³/mol. The molecule has 1 saturated heterocycles. The molecule has 1 aliphatic heterocycles. The van der Waals surface area contributed by atoms with Gasteiger partial charge in [-0.1, -0.05) is 13.8 Å². The third-order valence-electron chi connectivity index (χ3n) is 6.32. The third kappa shape index (κ3) is 3.66. The molecular weight excluding hydrogens is 350 g/mol. The summed E-state index contributed by atoms with van der Waals surface area (Å²) in [6, 6.07) is 2.37. The van der Waals surface area contributed by atoms with Crippen LogP contribution in [0.2, 0.25) is 0 Å². The van der Waals surface area contributed by atoms with Crippen molar-refractivity contribution in [2.24, 2.45) is 18.9 Å². The molecule has 2 aliphatic rings. The first-order valence-electron chi connectivity index (χ1n) is 10.7. The number of pyridine rings is 1. The molecule has 6 heteroatoms. The Morgan fingerprint density at radius 2 is 2.00 bits per heavy atom. The monoisotopic (exact) mass is 383 g/mol. The number of nitrogens with zero attached hydrogens (tertiary/aromatic N) is 5. The molecule has 0 radical (unpaired) electrons. The molecule has 2 aromatic heterocycles.